The van der Waals surface area contributed by atoms with Crippen LogP contribution in [0, 0.1) is 12.7 Å². The number of nitrogens with zero attached hydrogens (tertiary/aromatic N) is 2. The number of amides is 1. The Bertz CT molecular complexity index is 932. The minimum Gasteiger partial charge on any atom is -0.347 e. The molecule has 0 radical (unpaired) electrons. The Labute approximate surface area is 166 Å². The highest BCUT2D eigenvalue weighted by atomic mass is 35.5. The number of thiophene rings is 1. The number of aryl methyl sites for hydroxylation is 2. The average Bonchev–Trinajstić information content (AvgIpc) is 3.18. The van der Waals surface area contributed by atoms with E-state index in [1.807, 2.05) is 14.0 Å². The van der Waals surface area contributed by atoms with Gasteiger partial charge in [0, 0.05) is 25.2 Å². The van der Waals surface area contributed by atoms with E-state index >= 15 is 0 Å². The van der Waals surface area contributed by atoms with E-state index in [1.54, 1.807) is 29.1 Å². The highest BCUT2D eigenvalue weighted by Crippen LogP contribution is 2.36. The lowest BCUT2D eigenvalue weighted by atomic mass is 10.1. The molecule has 27 heavy (non-hydrogen) atoms. The number of carbonyl (C=O) groups excluding carboxylic acids is 1. The monoisotopic (exact) mass is 406 g/mol. The summed E-state index contributed by atoms with van der Waals surface area (Å²) in [4.78, 5) is 13.2. The maximum Gasteiger partial charge on any atom is 0.261 e. The molecule has 3 N–H and O–H groups in total. The molecule has 0 aliphatic heterocycles. The van der Waals surface area contributed by atoms with E-state index < -0.39 is 0 Å². The normalized spacial score (nSPS) is 12.2. The van der Waals surface area contributed by atoms with Crippen LogP contribution in [0.2, 0.25) is 4.34 Å². The number of halogens is 2. The number of hydrogen-bond donors (Lipinski definition) is 2. The minimum atomic E-state index is -0.293. The van der Waals surface area contributed by atoms with Gasteiger partial charge in [-0.15, -0.1) is 11.3 Å². The maximum atomic E-state index is 13.0. The van der Waals surface area contributed by atoms with Crippen molar-refractivity contribution in [3.8, 4) is 11.3 Å². The first-order chi connectivity index (χ1) is 12.9. The summed E-state index contributed by atoms with van der Waals surface area (Å²) >= 11 is 7.60. The Morgan fingerprint density at radius 1 is 1.41 bits per heavy atom. The summed E-state index contributed by atoms with van der Waals surface area (Å²) in [7, 11) is 1.84. The Balaban J connectivity index is 1.75. The second kappa shape index (κ2) is 8.21. The third-order valence-corrected chi connectivity index (χ3v) is 5.66. The zero-order valence-corrected chi connectivity index (χ0v) is 16.6. The molecule has 142 valence electrons. The van der Waals surface area contributed by atoms with Crippen molar-refractivity contribution in [2.24, 2.45) is 12.8 Å². The van der Waals surface area contributed by atoms with Crippen LogP contribution in [-0.2, 0) is 13.5 Å². The van der Waals surface area contributed by atoms with Gasteiger partial charge in [-0.25, -0.2) is 4.39 Å². The Morgan fingerprint density at radius 3 is 2.70 bits per heavy atom. The molecular weight excluding hydrogens is 387 g/mol. The number of nitrogens with one attached hydrogen (secondary N) is 1. The number of carbonyl (C=O) groups is 1. The van der Waals surface area contributed by atoms with E-state index in [0.717, 1.165) is 22.4 Å². The molecule has 2 heterocycles. The fraction of sp³-hybridized carbons (Fsp3) is 0.263. The van der Waals surface area contributed by atoms with Crippen LogP contribution in [0.25, 0.3) is 11.3 Å². The standard InChI is InChI=1S/C19H20ClFN4OS/c1-11-10-23-25(2)17(11)15-8-16(27-18(15)20)19(26)24-14(9-22)7-12-3-5-13(21)6-4-12/h3-6,8,10,14H,7,9,22H2,1-2H3,(H,24,26)/t14-/m0/s1. The van der Waals surface area contributed by atoms with Crippen molar-refractivity contribution in [3.05, 3.63) is 62.7 Å². The summed E-state index contributed by atoms with van der Waals surface area (Å²) in [5, 5.41) is 7.15. The lowest BCUT2D eigenvalue weighted by molar-refractivity contribution is 0.0942. The molecule has 0 spiro atoms. The first-order valence-electron chi connectivity index (χ1n) is 8.42. The smallest absolute Gasteiger partial charge is 0.261 e. The average molecular weight is 407 g/mol. The van der Waals surface area contributed by atoms with E-state index in [9.17, 15) is 9.18 Å². The molecule has 0 unspecified atom stereocenters. The van der Waals surface area contributed by atoms with E-state index in [2.05, 4.69) is 10.4 Å². The van der Waals surface area contributed by atoms with Crippen molar-refractivity contribution >= 4 is 28.8 Å². The third-order valence-electron chi connectivity index (χ3n) is 4.30. The van der Waals surface area contributed by atoms with Gasteiger partial charge < -0.3 is 11.1 Å². The second-order valence-electron chi connectivity index (χ2n) is 6.33. The van der Waals surface area contributed by atoms with Gasteiger partial charge in [-0.3, -0.25) is 9.48 Å². The lowest BCUT2D eigenvalue weighted by Crippen LogP contribution is -2.41. The fourth-order valence-corrected chi connectivity index (χ4v) is 4.11. The van der Waals surface area contributed by atoms with E-state index in [1.165, 1.54) is 23.5 Å². The summed E-state index contributed by atoms with van der Waals surface area (Å²) in [6.45, 7) is 2.22. The van der Waals surface area contributed by atoms with Crippen LogP contribution in [-0.4, -0.2) is 28.3 Å². The fourth-order valence-electron chi connectivity index (χ4n) is 2.93. The molecule has 8 heteroatoms. The highest BCUT2D eigenvalue weighted by molar-refractivity contribution is 7.18. The van der Waals surface area contributed by atoms with Crippen molar-refractivity contribution in [1.82, 2.24) is 15.1 Å². The highest BCUT2D eigenvalue weighted by Gasteiger charge is 2.20. The first-order valence-corrected chi connectivity index (χ1v) is 9.62. The van der Waals surface area contributed by atoms with Gasteiger partial charge in [0.2, 0.25) is 0 Å². The SMILES string of the molecule is Cc1cnn(C)c1-c1cc(C(=O)N[C@H](CN)Cc2ccc(F)cc2)sc1Cl. The van der Waals surface area contributed by atoms with Gasteiger partial charge in [0.25, 0.3) is 5.91 Å². The van der Waals surface area contributed by atoms with Crippen molar-refractivity contribution in [3.63, 3.8) is 0 Å². The zero-order valence-electron chi connectivity index (χ0n) is 15.0. The van der Waals surface area contributed by atoms with Crippen LogP contribution in [0.5, 0.6) is 0 Å². The summed E-state index contributed by atoms with van der Waals surface area (Å²) in [5.74, 6) is -0.524. The molecule has 5 nitrogen and oxygen atoms in total. The van der Waals surface area contributed by atoms with Crippen LogP contribution in [0.15, 0.2) is 36.5 Å². The van der Waals surface area contributed by atoms with E-state index in [4.69, 9.17) is 17.3 Å². The van der Waals surface area contributed by atoms with Crippen LogP contribution in [0.1, 0.15) is 20.8 Å². The van der Waals surface area contributed by atoms with Crippen LogP contribution < -0.4 is 11.1 Å². The van der Waals surface area contributed by atoms with Crippen LogP contribution >= 0.6 is 22.9 Å². The zero-order chi connectivity index (χ0) is 19.6. The van der Waals surface area contributed by atoms with Gasteiger partial charge >= 0.3 is 0 Å². The Hall–Kier alpha value is -2.22. The lowest BCUT2D eigenvalue weighted by Gasteiger charge is -2.16. The van der Waals surface area contributed by atoms with Crippen LogP contribution in [0.3, 0.4) is 0 Å². The molecule has 0 bridgehead atoms. The molecule has 0 aliphatic rings. The van der Waals surface area contributed by atoms with Crippen molar-refractivity contribution in [2.45, 2.75) is 19.4 Å². The van der Waals surface area contributed by atoms with Gasteiger partial charge in [-0.2, -0.15) is 5.10 Å². The maximum absolute atomic E-state index is 13.0. The summed E-state index contributed by atoms with van der Waals surface area (Å²) in [6, 6.07) is 7.69. The first kappa shape index (κ1) is 19.5. The van der Waals surface area contributed by atoms with Gasteiger partial charge in [0.15, 0.2) is 0 Å². The minimum absolute atomic E-state index is 0.231. The van der Waals surface area contributed by atoms with E-state index in [0.29, 0.717) is 15.6 Å². The van der Waals surface area contributed by atoms with Crippen molar-refractivity contribution in [1.29, 1.82) is 0 Å². The summed E-state index contributed by atoms with van der Waals surface area (Å²) < 4.78 is 15.3. The van der Waals surface area contributed by atoms with Crippen molar-refractivity contribution < 1.29 is 9.18 Å². The molecule has 0 saturated heterocycles. The molecule has 1 atom stereocenters. The molecule has 1 amide bonds. The largest absolute Gasteiger partial charge is 0.347 e. The molecule has 0 fully saturated rings. The number of rotatable bonds is 6. The predicted octanol–water partition coefficient (Wildman–Crippen LogP) is 3.55. The van der Waals surface area contributed by atoms with Gasteiger partial charge in [-0.05, 0) is 42.7 Å². The molecule has 0 saturated carbocycles. The summed E-state index contributed by atoms with van der Waals surface area (Å²) in [6.07, 6.45) is 2.28. The number of nitrogens with two attached hydrogens (primary N) is 1. The van der Waals surface area contributed by atoms with E-state index in [-0.39, 0.29) is 24.3 Å². The second-order valence-corrected chi connectivity index (χ2v) is 7.99. The third kappa shape index (κ3) is 4.37. The molecule has 3 rings (SSSR count). The van der Waals surface area contributed by atoms with Gasteiger partial charge in [0.1, 0.15) is 10.2 Å². The molecule has 1 aromatic carbocycles. The topological polar surface area (TPSA) is 72.9 Å². The Morgan fingerprint density at radius 2 is 2.11 bits per heavy atom. The predicted molar refractivity (Wildman–Crippen MR) is 107 cm³/mol. The number of hydrogen-bond acceptors (Lipinski definition) is 4. The van der Waals surface area contributed by atoms with Crippen LogP contribution in [0.4, 0.5) is 4.39 Å². The van der Waals surface area contributed by atoms with Gasteiger partial charge in [0.05, 0.1) is 16.8 Å². The molecule has 3 aromatic rings. The molecule has 2 aromatic heterocycles. The molecule has 0 aliphatic carbocycles. The van der Waals surface area contributed by atoms with Gasteiger partial charge in [-0.1, -0.05) is 23.7 Å². The summed E-state index contributed by atoms with van der Waals surface area (Å²) in [5.41, 5.74) is 9.37. The molecular formula is C19H20ClFN4OS. The quantitative estimate of drug-likeness (QED) is 0.657. The number of benzene rings is 1. The number of aromatic nitrogens is 2. The van der Waals surface area contributed by atoms with Crippen molar-refractivity contribution in [2.75, 3.05) is 6.54 Å². The Kier molecular flexibility index (Phi) is 5.94.